The highest BCUT2D eigenvalue weighted by atomic mass is 14.7. The van der Waals surface area contributed by atoms with E-state index in [1.165, 1.54) is 38.5 Å². The van der Waals surface area contributed by atoms with Gasteiger partial charge in [0.2, 0.25) is 0 Å². The van der Waals surface area contributed by atoms with Gasteiger partial charge in [0, 0.05) is 6.04 Å². The number of hydrogen-bond donors (Lipinski definition) is 1. The predicted octanol–water partition coefficient (Wildman–Crippen LogP) is 3.97. The minimum Gasteiger partial charge on any atom is -0.327 e. The van der Waals surface area contributed by atoms with E-state index in [0.29, 0.717) is 6.04 Å². The molecule has 15 heavy (non-hydrogen) atoms. The van der Waals surface area contributed by atoms with Gasteiger partial charge in [-0.2, -0.15) is 0 Å². The zero-order chi connectivity index (χ0) is 11.5. The SMILES string of the molecule is CCCC1CCC(C(N)C(C)(C)C)CC1. The number of hydrogen-bond acceptors (Lipinski definition) is 1. The summed E-state index contributed by atoms with van der Waals surface area (Å²) < 4.78 is 0. The van der Waals surface area contributed by atoms with Gasteiger partial charge in [0.1, 0.15) is 0 Å². The quantitative estimate of drug-likeness (QED) is 0.751. The summed E-state index contributed by atoms with van der Waals surface area (Å²) in [6.07, 6.45) is 8.34. The number of rotatable bonds is 3. The molecule has 1 rings (SSSR count). The van der Waals surface area contributed by atoms with E-state index in [1.54, 1.807) is 0 Å². The lowest BCUT2D eigenvalue weighted by molar-refractivity contribution is 0.165. The molecule has 0 radical (unpaired) electrons. The van der Waals surface area contributed by atoms with Crippen LogP contribution >= 0.6 is 0 Å². The van der Waals surface area contributed by atoms with Crippen molar-refractivity contribution < 1.29 is 0 Å². The van der Waals surface area contributed by atoms with E-state index in [2.05, 4.69) is 27.7 Å². The molecule has 0 aromatic rings. The second kappa shape index (κ2) is 5.34. The van der Waals surface area contributed by atoms with Gasteiger partial charge in [0.15, 0.2) is 0 Å². The Hall–Kier alpha value is -0.0400. The van der Waals surface area contributed by atoms with E-state index in [-0.39, 0.29) is 5.41 Å². The molecule has 1 nitrogen and oxygen atoms in total. The molecule has 0 saturated heterocycles. The van der Waals surface area contributed by atoms with Crippen molar-refractivity contribution in [2.24, 2.45) is 23.0 Å². The second-order valence-corrected chi connectivity index (χ2v) is 6.46. The van der Waals surface area contributed by atoms with Crippen LogP contribution in [-0.2, 0) is 0 Å². The molecule has 1 aliphatic carbocycles. The van der Waals surface area contributed by atoms with Gasteiger partial charge in [-0.3, -0.25) is 0 Å². The molecule has 2 N–H and O–H groups in total. The van der Waals surface area contributed by atoms with Crippen LogP contribution < -0.4 is 5.73 Å². The Labute approximate surface area is 95.8 Å². The maximum atomic E-state index is 6.34. The van der Waals surface area contributed by atoms with Gasteiger partial charge in [0.05, 0.1) is 0 Å². The van der Waals surface area contributed by atoms with Crippen molar-refractivity contribution in [1.82, 2.24) is 0 Å². The Morgan fingerprint density at radius 2 is 1.67 bits per heavy atom. The van der Waals surface area contributed by atoms with Crippen molar-refractivity contribution in [3.8, 4) is 0 Å². The van der Waals surface area contributed by atoms with Gasteiger partial charge >= 0.3 is 0 Å². The Kier molecular flexibility index (Phi) is 4.64. The van der Waals surface area contributed by atoms with Gasteiger partial charge in [-0.15, -0.1) is 0 Å². The van der Waals surface area contributed by atoms with Crippen molar-refractivity contribution in [3.05, 3.63) is 0 Å². The lowest BCUT2D eigenvalue weighted by Gasteiger charge is -2.38. The minimum absolute atomic E-state index is 0.280. The van der Waals surface area contributed by atoms with Crippen LogP contribution in [0.1, 0.15) is 66.2 Å². The molecule has 0 aromatic carbocycles. The molecule has 1 unspecified atom stereocenters. The van der Waals surface area contributed by atoms with E-state index in [1.807, 2.05) is 0 Å². The molecule has 1 saturated carbocycles. The number of nitrogens with two attached hydrogens (primary N) is 1. The van der Waals surface area contributed by atoms with E-state index < -0.39 is 0 Å². The zero-order valence-corrected chi connectivity index (χ0v) is 11.1. The summed E-state index contributed by atoms with van der Waals surface area (Å²) in [6, 6.07) is 0.389. The zero-order valence-electron chi connectivity index (χ0n) is 11.1. The minimum atomic E-state index is 0.280. The first-order valence-corrected chi connectivity index (χ1v) is 6.70. The van der Waals surface area contributed by atoms with E-state index >= 15 is 0 Å². The molecule has 1 atom stereocenters. The first-order chi connectivity index (χ1) is 6.95. The Bertz CT molecular complexity index is 172. The normalized spacial score (nSPS) is 30.2. The van der Waals surface area contributed by atoms with Crippen LogP contribution in [0.3, 0.4) is 0 Å². The summed E-state index contributed by atoms with van der Waals surface area (Å²) in [6.45, 7) is 9.12. The molecule has 0 amide bonds. The molecule has 1 aliphatic rings. The molecule has 0 heterocycles. The smallest absolute Gasteiger partial charge is 0.0116 e. The molecular formula is C14H29N. The molecule has 0 aliphatic heterocycles. The lowest BCUT2D eigenvalue weighted by atomic mass is 9.70. The third-order valence-electron chi connectivity index (χ3n) is 4.10. The fourth-order valence-electron chi connectivity index (χ4n) is 2.95. The summed E-state index contributed by atoms with van der Waals surface area (Å²) in [5, 5.41) is 0. The van der Waals surface area contributed by atoms with E-state index in [0.717, 1.165) is 11.8 Å². The fourth-order valence-corrected chi connectivity index (χ4v) is 2.95. The molecule has 0 bridgehead atoms. The van der Waals surface area contributed by atoms with Gasteiger partial charge in [0.25, 0.3) is 0 Å². The Morgan fingerprint density at radius 3 is 2.07 bits per heavy atom. The maximum Gasteiger partial charge on any atom is 0.0116 e. The van der Waals surface area contributed by atoms with Crippen LogP contribution in [0.5, 0.6) is 0 Å². The van der Waals surface area contributed by atoms with Crippen LogP contribution in [-0.4, -0.2) is 6.04 Å². The standard InChI is InChI=1S/C14H29N/c1-5-6-11-7-9-12(10-8-11)13(15)14(2,3)4/h11-13H,5-10,15H2,1-4H3. The van der Waals surface area contributed by atoms with E-state index in [9.17, 15) is 0 Å². The average Bonchev–Trinajstić information content (AvgIpc) is 2.17. The predicted molar refractivity (Wildman–Crippen MR) is 67.8 cm³/mol. The van der Waals surface area contributed by atoms with Crippen molar-refractivity contribution >= 4 is 0 Å². The Balaban J connectivity index is 2.37. The summed E-state index contributed by atoms with van der Waals surface area (Å²) >= 11 is 0. The molecular weight excluding hydrogens is 182 g/mol. The van der Waals surface area contributed by atoms with Crippen LogP contribution in [0.25, 0.3) is 0 Å². The van der Waals surface area contributed by atoms with Crippen LogP contribution in [0.4, 0.5) is 0 Å². The third-order valence-corrected chi connectivity index (χ3v) is 4.10. The van der Waals surface area contributed by atoms with Gasteiger partial charge in [-0.25, -0.2) is 0 Å². The van der Waals surface area contributed by atoms with Crippen LogP contribution in [0.15, 0.2) is 0 Å². The first-order valence-electron chi connectivity index (χ1n) is 6.70. The first kappa shape index (κ1) is 13.0. The van der Waals surface area contributed by atoms with Gasteiger partial charge in [-0.1, -0.05) is 53.4 Å². The Morgan fingerprint density at radius 1 is 1.13 bits per heavy atom. The third kappa shape index (κ3) is 3.79. The summed E-state index contributed by atoms with van der Waals surface area (Å²) in [5.74, 6) is 1.77. The molecule has 90 valence electrons. The van der Waals surface area contributed by atoms with Crippen LogP contribution in [0.2, 0.25) is 0 Å². The highest BCUT2D eigenvalue weighted by Crippen LogP contribution is 2.37. The summed E-state index contributed by atoms with van der Waals surface area (Å²) in [5.41, 5.74) is 6.62. The lowest BCUT2D eigenvalue weighted by Crippen LogP contribution is -2.43. The highest BCUT2D eigenvalue weighted by molar-refractivity contribution is 4.86. The van der Waals surface area contributed by atoms with E-state index in [4.69, 9.17) is 5.73 Å². The molecule has 1 heteroatoms. The van der Waals surface area contributed by atoms with Crippen LogP contribution in [0, 0.1) is 17.3 Å². The van der Waals surface area contributed by atoms with Crippen molar-refractivity contribution in [1.29, 1.82) is 0 Å². The van der Waals surface area contributed by atoms with Crippen molar-refractivity contribution in [2.45, 2.75) is 72.3 Å². The maximum absolute atomic E-state index is 6.34. The molecule has 0 aromatic heterocycles. The topological polar surface area (TPSA) is 26.0 Å². The molecule has 0 spiro atoms. The molecule has 1 fully saturated rings. The van der Waals surface area contributed by atoms with Crippen molar-refractivity contribution in [3.63, 3.8) is 0 Å². The summed E-state index contributed by atoms with van der Waals surface area (Å²) in [4.78, 5) is 0. The monoisotopic (exact) mass is 211 g/mol. The fraction of sp³-hybridized carbons (Fsp3) is 1.00. The largest absolute Gasteiger partial charge is 0.327 e. The second-order valence-electron chi connectivity index (χ2n) is 6.46. The van der Waals surface area contributed by atoms with Gasteiger partial charge < -0.3 is 5.73 Å². The van der Waals surface area contributed by atoms with Gasteiger partial charge in [-0.05, 0) is 30.1 Å². The average molecular weight is 211 g/mol. The van der Waals surface area contributed by atoms with Crippen molar-refractivity contribution in [2.75, 3.05) is 0 Å². The summed E-state index contributed by atoms with van der Waals surface area (Å²) in [7, 11) is 0. The highest BCUT2D eigenvalue weighted by Gasteiger charge is 2.31.